The molecule has 2 aliphatic carbocycles. The fourth-order valence-electron chi connectivity index (χ4n) is 2.76. The van der Waals surface area contributed by atoms with E-state index in [0.29, 0.717) is 25.3 Å². The average Bonchev–Trinajstić information content (AvgIpc) is 3.05. The summed E-state index contributed by atoms with van der Waals surface area (Å²) in [6.45, 7) is 5.29. The fraction of sp³-hybridized carbons (Fsp3) is 0.857. The van der Waals surface area contributed by atoms with Crippen LogP contribution in [-0.2, 0) is 4.79 Å². The summed E-state index contributed by atoms with van der Waals surface area (Å²) in [7, 11) is 0. The van der Waals surface area contributed by atoms with Crippen molar-refractivity contribution < 1.29 is 14.7 Å². The highest BCUT2D eigenvalue weighted by molar-refractivity contribution is 5.78. The molecule has 0 heterocycles. The van der Waals surface area contributed by atoms with E-state index in [1.165, 1.54) is 12.8 Å². The fourth-order valence-corrected chi connectivity index (χ4v) is 2.76. The third-order valence-corrected chi connectivity index (χ3v) is 5.07. The van der Waals surface area contributed by atoms with Gasteiger partial charge in [-0.15, -0.1) is 0 Å². The lowest BCUT2D eigenvalue weighted by molar-refractivity contribution is -0.153. The molecular weight excluding hydrogens is 244 g/mol. The quantitative estimate of drug-likeness (QED) is 0.689. The topological polar surface area (TPSA) is 78.4 Å². The van der Waals surface area contributed by atoms with E-state index in [1.807, 2.05) is 0 Å². The number of rotatable bonds is 6. The molecule has 2 amide bonds. The van der Waals surface area contributed by atoms with Crippen LogP contribution in [0.25, 0.3) is 0 Å². The normalized spacial score (nSPS) is 22.5. The number of carboxylic acid groups (broad SMARTS) is 1. The molecule has 0 saturated heterocycles. The lowest BCUT2D eigenvalue weighted by Gasteiger charge is -2.37. The lowest BCUT2D eigenvalue weighted by Crippen LogP contribution is -2.50. The van der Waals surface area contributed by atoms with E-state index in [-0.39, 0.29) is 18.0 Å². The predicted molar refractivity (Wildman–Crippen MR) is 71.8 cm³/mol. The van der Waals surface area contributed by atoms with Gasteiger partial charge in [-0.1, -0.05) is 20.3 Å². The number of carboxylic acids is 1. The summed E-state index contributed by atoms with van der Waals surface area (Å²) in [4.78, 5) is 22.9. The van der Waals surface area contributed by atoms with Gasteiger partial charge >= 0.3 is 12.0 Å². The van der Waals surface area contributed by atoms with Crippen LogP contribution in [-0.4, -0.2) is 30.2 Å². The molecular formula is C14H24N2O3. The van der Waals surface area contributed by atoms with E-state index in [1.54, 1.807) is 0 Å². The highest BCUT2D eigenvalue weighted by Gasteiger charge is 2.46. The average molecular weight is 268 g/mol. The van der Waals surface area contributed by atoms with Gasteiger partial charge < -0.3 is 15.7 Å². The van der Waals surface area contributed by atoms with Crippen molar-refractivity contribution in [1.29, 1.82) is 0 Å². The Morgan fingerprint density at radius 2 is 1.68 bits per heavy atom. The molecule has 0 aromatic carbocycles. The first-order valence-electron chi connectivity index (χ1n) is 7.15. The van der Waals surface area contributed by atoms with Crippen LogP contribution in [0.3, 0.4) is 0 Å². The van der Waals surface area contributed by atoms with Gasteiger partial charge in [0.1, 0.15) is 0 Å². The van der Waals surface area contributed by atoms with E-state index in [9.17, 15) is 9.59 Å². The van der Waals surface area contributed by atoms with Crippen molar-refractivity contribution >= 4 is 12.0 Å². The Hall–Kier alpha value is -1.26. The molecule has 5 nitrogen and oxygen atoms in total. The zero-order valence-electron chi connectivity index (χ0n) is 11.8. The van der Waals surface area contributed by atoms with Gasteiger partial charge in [-0.3, -0.25) is 4.79 Å². The number of amides is 2. The maximum absolute atomic E-state index is 11.7. The number of aliphatic carboxylic acids is 1. The number of hydrogen-bond acceptors (Lipinski definition) is 2. The SMILES string of the molecule is CC(C)C1(CNC(=O)NCC2(C(=O)O)CCC2)CC1. The van der Waals surface area contributed by atoms with Crippen LogP contribution in [0.2, 0.25) is 0 Å². The van der Waals surface area contributed by atoms with Crippen LogP contribution in [0.5, 0.6) is 0 Å². The molecule has 0 atom stereocenters. The number of nitrogens with one attached hydrogen (secondary N) is 2. The predicted octanol–water partition coefficient (Wildman–Crippen LogP) is 1.98. The second kappa shape index (κ2) is 5.02. The zero-order chi connectivity index (χ0) is 14.1. The monoisotopic (exact) mass is 268 g/mol. The van der Waals surface area contributed by atoms with Crippen LogP contribution >= 0.6 is 0 Å². The molecule has 0 aromatic heterocycles. The van der Waals surface area contributed by atoms with Gasteiger partial charge in [0.25, 0.3) is 0 Å². The largest absolute Gasteiger partial charge is 0.481 e. The van der Waals surface area contributed by atoms with E-state index in [2.05, 4.69) is 24.5 Å². The summed E-state index contributed by atoms with van der Waals surface area (Å²) >= 11 is 0. The maximum Gasteiger partial charge on any atom is 0.314 e. The van der Waals surface area contributed by atoms with E-state index in [0.717, 1.165) is 6.42 Å². The van der Waals surface area contributed by atoms with Crippen molar-refractivity contribution in [3.8, 4) is 0 Å². The van der Waals surface area contributed by atoms with Crippen molar-refractivity contribution in [1.82, 2.24) is 10.6 Å². The molecule has 2 fully saturated rings. The molecule has 0 aromatic rings. The summed E-state index contributed by atoms with van der Waals surface area (Å²) in [5, 5.41) is 14.8. The van der Waals surface area contributed by atoms with Crippen LogP contribution in [0, 0.1) is 16.7 Å². The minimum absolute atomic E-state index is 0.237. The zero-order valence-corrected chi connectivity index (χ0v) is 11.8. The van der Waals surface area contributed by atoms with E-state index in [4.69, 9.17) is 5.11 Å². The first kappa shape index (κ1) is 14.2. The molecule has 0 aliphatic heterocycles. The molecule has 0 unspecified atom stereocenters. The molecule has 5 heteroatoms. The summed E-state index contributed by atoms with van der Waals surface area (Å²) in [6.07, 6.45) is 4.61. The van der Waals surface area contributed by atoms with Crippen LogP contribution in [0.15, 0.2) is 0 Å². The third-order valence-electron chi connectivity index (χ3n) is 5.07. The Morgan fingerprint density at radius 1 is 1.11 bits per heavy atom. The van der Waals surface area contributed by atoms with Crippen molar-refractivity contribution in [2.24, 2.45) is 16.7 Å². The highest BCUT2D eigenvalue weighted by Crippen LogP contribution is 2.51. The number of carbonyl (C=O) groups excluding carboxylic acids is 1. The molecule has 0 spiro atoms. The second-order valence-electron chi connectivity index (χ2n) is 6.49. The van der Waals surface area contributed by atoms with Gasteiger partial charge in [0, 0.05) is 13.1 Å². The lowest BCUT2D eigenvalue weighted by atomic mass is 9.69. The van der Waals surface area contributed by atoms with Gasteiger partial charge in [0.15, 0.2) is 0 Å². The molecule has 0 radical (unpaired) electrons. The first-order chi connectivity index (χ1) is 8.90. The second-order valence-corrected chi connectivity index (χ2v) is 6.49. The minimum Gasteiger partial charge on any atom is -0.481 e. The van der Waals surface area contributed by atoms with Crippen molar-refractivity contribution in [2.75, 3.05) is 13.1 Å². The van der Waals surface area contributed by atoms with Crippen molar-refractivity contribution in [3.63, 3.8) is 0 Å². The molecule has 0 bridgehead atoms. The number of urea groups is 1. The summed E-state index contributed by atoms with van der Waals surface area (Å²) < 4.78 is 0. The summed E-state index contributed by atoms with van der Waals surface area (Å²) in [5.41, 5.74) is -0.440. The van der Waals surface area contributed by atoms with Crippen molar-refractivity contribution in [2.45, 2.75) is 46.0 Å². The molecule has 2 aliphatic rings. The van der Waals surface area contributed by atoms with Crippen LogP contribution < -0.4 is 10.6 Å². The Kier molecular flexibility index (Phi) is 3.74. The van der Waals surface area contributed by atoms with Gasteiger partial charge in [-0.05, 0) is 37.0 Å². The number of hydrogen-bond donors (Lipinski definition) is 3. The summed E-state index contributed by atoms with van der Waals surface area (Å²) in [5.74, 6) is -0.218. The molecule has 19 heavy (non-hydrogen) atoms. The highest BCUT2D eigenvalue weighted by atomic mass is 16.4. The molecule has 108 valence electrons. The van der Waals surface area contributed by atoms with Gasteiger partial charge in [0.2, 0.25) is 0 Å². The Bertz CT molecular complexity index is 371. The number of carbonyl (C=O) groups is 2. The standard InChI is InChI=1S/C14H24N2O3/c1-10(2)13(6-7-13)8-15-12(19)16-9-14(11(17)18)4-3-5-14/h10H,3-9H2,1-2H3,(H,17,18)(H2,15,16,19). The van der Waals surface area contributed by atoms with Gasteiger partial charge in [0.05, 0.1) is 5.41 Å². The van der Waals surface area contributed by atoms with E-state index >= 15 is 0 Å². The van der Waals surface area contributed by atoms with E-state index < -0.39 is 11.4 Å². The van der Waals surface area contributed by atoms with Crippen molar-refractivity contribution in [3.05, 3.63) is 0 Å². The Labute approximate surface area is 114 Å². The molecule has 2 rings (SSSR count). The third kappa shape index (κ3) is 2.85. The molecule has 2 saturated carbocycles. The maximum atomic E-state index is 11.7. The van der Waals surface area contributed by atoms with Crippen LogP contribution in [0.4, 0.5) is 4.79 Å². The Morgan fingerprint density at radius 3 is 2.05 bits per heavy atom. The summed E-state index contributed by atoms with van der Waals surface area (Å²) in [6, 6.07) is -0.237. The smallest absolute Gasteiger partial charge is 0.314 e. The van der Waals surface area contributed by atoms with Gasteiger partial charge in [-0.2, -0.15) is 0 Å². The first-order valence-corrected chi connectivity index (χ1v) is 7.15. The minimum atomic E-state index is -0.792. The Balaban J connectivity index is 1.72. The molecule has 3 N–H and O–H groups in total. The van der Waals surface area contributed by atoms with Crippen LogP contribution in [0.1, 0.15) is 46.0 Å². The van der Waals surface area contributed by atoms with Gasteiger partial charge in [-0.25, -0.2) is 4.79 Å².